The molecule has 1 nitrogen and oxygen atoms in total. The standard InChI is InChI=1S/C12H10BNS/c1-3-7-11(8-4-1)13-14-15-12-9-5-2-6-10-12/h1-10H. The average molecular weight is 211 g/mol. The summed E-state index contributed by atoms with van der Waals surface area (Å²) in [5, 5.41) is 0. The van der Waals surface area contributed by atoms with Crippen LogP contribution >= 0.6 is 11.9 Å². The SMILES string of the molecule is B(=NSc1ccccc1)c1ccccc1. The van der Waals surface area contributed by atoms with E-state index in [-0.39, 0.29) is 0 Å². The van der Waals surface area contributed by atoms with E-state index >= 15 is 0 Å². The molecular weight excluding hydrogens is 201 g/mol. The summed E-state index contributed by atoms with van der Waals surface area (Å²) in [7, 11) is 1.87. The molecule has 72 valence electrons. The minimum atomic E-state index is 1.13. The predicted octanol–water partition coefficient (Wildman–Crippen LogP) is 2.91. The van der Waals surface area contributed by atoms with Crippen molar-refractivity contribution in [1.29, 1.82) is 0 Å². The first-order valence-corrected chi connectivity index (χ1v) is 5.53. The van der Waals surface area contributed by atoms with Gasteiger partial charge in [-0.05, 0) is 0 Å². The fourth-order valence-corrected chi connectivity index (χ4v) is 1.74. The van der Waals surface area contributed by atoms with Crippen LogP contribution in [0.5, 0.6) is 0 Å². The molecule has 0 aliphatic rings. The fraction of sp³-hybridized carbons (Fsp3) is 0. The number of hydrogen-bond donors (Lipinski definition) is 0. The first-order chi connectivity index (χ1) is 7.45. The molecular formula is C12H10BNS. The van der Waals surface area contributed by atoms with E-state index in [1.165, 1.54) is 11.9 Å². The zero-order chi connectivity index (χ0) is 10.3. The summed E-state index contributed by atoms with van der Waals surface area (Å²) >= 11 is 1.48. The van der Waals surface area contributed by atoms with Gasteiger partial charge in [0.1, 0.15) is 0 Å². The number of rotatable bonds is 3. The molecule has 0 aromatic heterocycles. The number of hydrogen-bond acceptors (Lipinski definition) is 2. The average Bonchev–Trinajstić information content (AvgIpc) is 2.32. The van der Waals surface area contributed by atoms with Crippen LogP contribution in [0.15, 0.2) is 69.9 Å². The second-order valence-corrected chi connectivity index (χ2v) is 3.91. The predicted molar refractivity (Wildman–Crippen MR) is 66.6 cm³/mol. The second-order valence-electron chi connectivity index (χ2n) is 3.05. The Morgan fingerprint density at radius 3 is 2.07 bits per heavy atom. The Labute approximate surface area is 94.6 Å². The Morgan fingerprint density at radius 1 is 0.800 bits per heavy atom. The summed E-state index contributed by atoms with van der Waals surface area (Å²) in [6.45, 7) is 0. The van der Waals surface area contributed by atoms with Gasteiger partial charge in [0.2, 0.25) is 0 Å². The van der Waals surface area contributed by atoms with Crippen molar-refractivity contribution in [2.75, 3.05) is 0 Å². The van der Waals surface area contributed by atoms with Gasteiger partial charge in [0, 0.05) is 0 Å². The van der Waals surface area contributed by atoms with Gasteiger partial charge in [-0.3, -0.25) is 0 Å². The van der Waals surface area contributed by atoms with Crippen LogP contribution in [0.3, 0.4) is 0 Å². The van der Waals surface area contributed by atoms with Crippen LogP contribution in [-0.4, -0.2) is 7.07 Å². The summed E-state index contributed by atoms with van der Waals surface area (Å²) in [6, 6.07) is 20.2. The number of nitrogens with zero attached hydrogens (tertiary/aromatic N) is 1. The van der Waals surface area contributed by atoms with Crippen LogP contribution in [0.2, 0.25) is 0 Å². The third kappa shape index (κ3) is 3.37. The Kier molecular flexibility index (Phi) is 3.74. The monoisotopic (exact) mass is 211 g/mol. The summed E-state index contributed by atoms with van der Waals surface area (Å²) in [5.41, 5.74) is 1.13. The van der Waals surface area contributed by atoms with Crippen LogP contribution in [0.1, 0.15) is 0 Å². The van der Waals surface area contributed by atoms with E-state index in [1.54, 1.807) is 0 Å². The molecule has 0 unspecified atom stereocenters. The summed E-state index contributed by atoms with van der Waals surface area (Å²) < 4.78 is 4.30. The molecule has 0 radical (unpaired) electrons. The third-order valence-electron chi connectivity index (χ3n) is 1.90. The molecule has 0 saturated carbocycles. The van der Waals surface area contributed by atoms with Crippen molar-refractivity contribution >= 4 is 24.5 Å². The van der Waals surface area contributed by atoms with Crippen molar-refractivity contribution in [2.24, 2.45) is 4.30 Å². The van der Waals surface area contributed by atoms with E-state index in [0.717, 1.165) is 10.4 Å². The normalized spacial score (nSPS) is 10.1. The van der Waals surface area contributed by atoms with Crippen molar-refractivity contribution in [3.8, 4) is 0 Å². The van der Waals surface area contributed by atoms with Gasteiger partial charge in [-0.1, -0.05) is 0 Å². The molecule has 0 fully saturated rings. The van der Waals surface area contributed by atoms with Gasteiger partial charge in [-0.2, -0.15) is 0 Å². The summed E-state index contributed by atoms with van der Waals surface area (Å²) in [5.74, 6) is 0. The zero-order valence-corrected chi connectivity index (χ0v) is 9.02. The van der Waals surface area contributed by atoms with Gasteiger partial charge in [0.25, 0.3) is 0 Å². The molecule has 0 bridgehead atoms. The molecule has 0 spiro atoms. The van der Waals surface area contributed by atoms with Crippen LogP contribution in [0.4, 0.5) is 0 Å². The van der Waals surface area contributed by atoms with Crippen molar-refractivity contribution in [1.82, 2.24) is 0 Å². The topological polar surface area (TPSA) is 12.4 Å². The van der Waals surface area contributed by atoms with Crippen LogP contribution in [0, 0.1) is 0 Å². The molecule has 0 heterocycles. The molecule has 0 saturated heterocycles. The van der Waals surface area contributed by atoms with Gasteiger partial charge in [-0.15, -0.1) is 0 Å². The van der Waals surface area contributed by atoms with Gasteiger partial charge in [-0.25, -0.2) is 0 Å². The Hall–Kier alpha value is -1.35. The van der Waals surface area contributed by atoms with Crippen molar-refractivity contribution in [3.63, 3.8) is 0 Å². The van der Waals surface area contributed by atoms with Crippen molar-refractivity contribution < 1.29 is 0 Å². The molecule has 0 aliphatic heterocycles. The van der Waals surface area contributed by atoms with Crippen LogP contribution in [0.25, 0.3) is 0 Å². The third-order valence-corrected chi connectivity index (χ3v) is 2.60. The van der Waals surface area contributed by atoms with E-state index in [0.29, 0.717) is 0 Å². The molecule has 3 heteroatoms. The Bertz CT molecular complexity index is 428. The van der Waals surface area contributed by atoms with Crippen molar-refractivity contribution in [3.05, 3.63) is 60.7 Å². The number of benzene rings is 2. The molecule has 15 heavy (non-hydrogen) atoms. The molecule has 0 aliphatic carbocycles. The maximum atomic E-state index is 4.30. The molecule has 0 atom stereocenters. The maximum absolute atomic E-state index is 4.30. The van der Waals surface area contributed by atoms with Gasteiger partial charge < -0.3 is 0 Å². The van der Waals surface area contributed by atoms with E-state index in [1.807, 2.05) is 67.7 Å². The van der Waals surface area contributed by atoms with E-state index in [4.69, 9.17) is 0 Å². The van der Waals surface area contributed by atoms with Gasteiger partial charge in [0.15, 0.2) is 0 Å². The summed E-state index contributed by atoms with van der Waals surface area (Å²) in [4.78, 5) is 1.16. The van der Waals surface area contributed by atoms with Crippen molar-refractivity contribution in [2.45, 2.75) is 4.90 Å². The fourth-order valence-electron chi connectivity index (χ4n) is 1.17. The Morgan fingerprint density at radius 2 is 1.40 bits per heavy atom. The minimum absolute atomic E-state index is 1.13. The van der Waals surface area contributed by atoms with Gasteiger partial charge in [0.05, 0.1) is 0 Å². The quantitative estimate of drug-likeness (QED) is 0.561. The molecule has 2 rings (SSSR count). The molecule has 0 N–H and O–H groups in total. The van der Waals surface area contributed by atoms with E-state index in [9.17, 15) is 0 Å². The molecule has 2 aromatic carbocycles. The van der Waals surface area contributed by atoms with Crippen LogP contribution in [-0.2, 0) is 0 Å². The summed E-state index contributed by atoms with van der Waals surface area (Å²) in [6.07, 6.45) is 0. The first-order valence-electron chi connectivity index (χ1n) is 4.75. The molecule has 2 aromatic rings. The first kappa shape index (κ1) is 10.2. The van der Waals surface area contributed by atoms with Crippen LogP contribution < -0.4 is 5.46 Å². The Balaban J connectivity index is 1.97. The van der Waals surface area contributed by atoms with E-state index < -0.39 is 0 Å². The zero-order valence-electron chi connectivity index (χ0n) is 8.21. The van der Waals surface area contributed by atoms with E-state index in [2.05, 4.69) is 4.30 Å². The second kappa shape index (κ2) is 5.52. The molecule has 0 amide bonds. The van der Waals surface area contributed by atoms with Gasteiger partial charge >= 0.3 is 94.3 Å².